The van der Waals surface area contributed by atoms with E-state index in [0.717, 1.165) is 0 Å². The summed E-state index contributed by atoms with van der Waals surface area (Å²) in [5.74, 6) is -1.57. The Balaban J connectivity index is 1.85. The summed E-state index contributed by atoms with van der Waals surface area (Å²) in [4.78, 5) is 36.9. The van der Waals surface area contributed by atoms with Crippen molar-refractivity contribution >= 4 is 32.2 Å². The number of hydrogen-bond donors (Lipinski definition) is 2. The number of esters is 2. The van der Waals surface area contributed by atoms with Crippen LogP contribution in [0.5, 0.6) is 0 Å². The van der Waals surface area contributed by atoms with Gasteiger partial charge in [-0.05, 0) is 0 Å². The fraction of sp³-hybridized carbons (Fsp3) is 0.348. The molecule has 3 rings (SSSR count). The van der Waals surface area contributed by atoms with Gasteiger partial charge in [-0.2, -0.15) is 0 Å². The molecule has 2 aromatic rings. The van der Waals surface area contributed by atoms with E-state index in [4.69, 9.17) is 23.6 Å². The molecule has 1 saturated heterocycles. The molecule has 0 aliphatic carbocycles. The van der Waals surface area contributed by atoms with Crippen molar-refractivity contribution in [2.75, 3.05) is 13.7 Å². The molecule has 2 aromatic carbocycles. The van der Waals surface area contributed by atoms with Crippen molar-refractivity contribution in [2.45, 2.75) is 37.6 Å². The number of carbonyl (C=O) groups excluding carboxylic acids is 3. The van der Waals surface area contributed by atoms with Gasteiger partial charge < -0.3 is 0 Å². The standard InChI is InChI=1S/C23H26B2N2O8/c1-14(28)26-27-18-20(34-22(30)16-11-7-4-8-12-16)19(35-25-24)17(33-23(18)31-2)13-32-21(29)15-9-5-3-6-10-15/h3-12,17-20,23-24,27H,13H2,1-2H3,(H,26,28)/t17?,18-,19-,20?,23+/m0/s1. The first-order chi connectivity index (χ1) is 16.9. The number of hydrazine groups is 1. The normalized spacial score (nSPS) is 23.4. The third kappa shape index (κ3) is 7.08. The molecule has 12 heteroatoms. The molecule has 0 aromatic heterocycles. The molecule has 1 aliphatic rings. The van der Waals surface area contributed by atoms with Gasteiger partial charge in [-0.15, -0.1) is 0 Å². The zero-order valence-electron chi connectivity index (χ0n) is 19.4. The van der Waals surface area contributed by atoms with E-state index in [-0.39, 0.29) is 12.5 Å². The molecular weight excluding hydrogens is 454 g/mol. The second kappa shape index (κ2) is 12.9. The predicted molar refractivity (Wildman–Crippen MR) is 127 cm³/mol. The first kappa shape index (κ1) is 26.3. The van der Waals surface area contributed by atoms with Crippen molar-refractivity contribution in [3.05, 3.63) is 71.8 Å². The van der Waals surface area contributed by atoms with Gasteiger partial charge in [-0.3, -0.25) is 0 Å². The van der Waals surface area contributed by atoms with Crippen molar-refractivity contribution in [3.63, 3.8) is 0 Å². The number of amides is 1. The van der Waals surface area contributed by atoms with Crippen LogP contribution in [0.2, 0.25) is 0 Å². The van der Waals surface area contributed by atoms with Gasteiger partial charge in [-0.25, -0.2) is 0 Å². The van der Waals surface area contributed by atoms with Gasteiger partial charge >= 0.3 is 204 Å². The van der Waals surface area contributed by atoms with Crippen LogP contribution in [0.4, 0.5) is 0 Å². The van der Waals surface area contributed by atoms with Crippen LogP contribution in [0.25, 0.3) is 0 Å². The zero-order valence-corrected chi connectivity index (χ0v) is 19.4. The van der Waals surface area contributed by atoms with Gasteiger partial charge in [0.25, 0.3) is 0 Å². The summed E-state index contributed by atoms with van der Waals surface area (Å²) in [6.45, 7) is 1.09. The van der Waals surface area contributed by atoms with Crippen LogP contribution in [-0.4, -0.2) is 76.6 Å². The maximum atomic E-state index is 12.9. The summed E-state index contributed by atoms with van der Waals surface area (Å²) in [5, 5.41) is 0. The monoisotopic (exact) mass is 480 g/mol. The number of carbonyl (C=O) groups is 3. The van der Waals surface area contributed by atoms with E-state index >= 15 is 0 Å². The molecule has 1 amide bonds. The molecule has 0 bridgehead atoms. The fourth-order valence-corrected chi connectivity index (χ4v) is 3.57. The van der Waals surface area contributed by atoms with Crippen LogP contribution < -0.4 is 10.9 Å². The summed E-state index contributed by atoms with van der Waals surface area (Å²) in [7, 11) is 6.16. The van der Waals surface area contributed by atoms with Gasteiger partial charge in [0.2, 0.25) is 0 Å². The molecule has 0 saturated carbocycles. The van der Waals surface area contributed by atoms with Gasteiger partial charge in [0.05, 0.1) is 0 Å². The Kier molecular flexibility index (Phi) is 9.71. The summed E-state index contributed by atoms with van der Waals surface area (Å²) in [6.07, 6.45) is -3.89. The molecule has 0 spiro atoms. The Bertz CT molecular complexity index is 1010. The summed E-state index contributed by atoms with van der Waals surface area (Å²) in [6, 6.07) is 16.0. The van der Waals surface area contributed by atoms with Crippen molar-refractivity contribution in [1.29, 1.82) is 0 Å². The molecule has 10 nitrogen and oxygen atoms in total. The number of rotatable bonds is 10. The summed E-state index contributed by atoms with van der Waals surface area (Å²) in [5.41, 5.74) is 5.93. The number of hydrogen-bond acceptors (Lipinski definition) is 9. The molecular formula is C23H26B2N2O8. The van der Waals surface area contributed by atoms with Crippen molar-refractivity contribution < 1.29 is 38.0 Å². The minimum absolute atomic E-state index is 0.224. The van der Waals surface area contributed by atoms with Crippen LogP contribution >= 0.6 is 0 Å². The van der Waals surface area contributed by atoms with E-state index < -0.39 is 42.6 Å². The summed E-state index contributed by atoms with van der Waals surface area (Å²) >= 11 is 0. The third-order valence-corrected chi connectivity index (χ3v) is 5.19. The molecule has 2 N–H and O–H groups in total. The van der Waals surface area contributed by atoms with Crippen molar-refractivity contribution in [1.82, 2.24) is 10.9 Å². The van der Waals surface area contributed by atoms with E-state index in [1.807, 2.05) is 0 Å². The van der Waals surface area contributed by atoms with Gasteiger partial charge in [-0.1, -0.05) is 0 Å². The minimum atomic E-state index is -1.04. The number of nitrogens with one attached hydrogen (secondary N) is 2. The van der Waals surface area contributed by atoms with Crippen LogP contribution in [0, 0.1) is 0 Å². The Labute approximate surface area is 204 Å². The number of ether oxygens (including phenoxy) is 4. The van der Waals surface area contributed by atoms with Crippen molar-refractivity contribution in [2.24, 2.45) is 0 Å². The molecule has 1 heterocycles. The second-order valence-corrected chi connectivity index (χ2v) is 7.60. The molecule has 5 atom stereocenters. The van der Waals surface area contributed by atoms with Crippen molar-refractivity contribution in [3.8, 4) is 0 Å². The Hall–Kier alpha value is -3.34. The molecule has 1 fully saturated rings. The molecule has 0 radical (unpaired) electrons. The second-order valence-electron chi connectivity index (χ2n) is 7.60. The predicted octanol–water partition coefficient (Wildman–Crippen LogP) is 0.270. The molecule has 35 heavy (non-hydrogen) atoms. The average molecular weight is 480 g/mol. The Morgan fingerprint density at radius 1 is 0.971 bits per heavy atom. The van der Waals surface area contributed by atoms with E-state index in [0.29, 0.717) is 11.1 Å². The molecule has 182 valence electrons. The molecule has 2 unspecified atom stereocenters. The van der Waals surface area contributed by atoms with Crippen LogP contribution in [0.15, 0.2) is 60.7 Å². The van der Waals surface area contributed by atoms with E-state index in [9.17, 15) is 14.4 Å². The number of benzene rings is 2. The van der Waals surface area contributed by atoms with E-state index in [1.54, 1.807) is 60.7 Å². The molecule has 1 aliphatic heterocycles. The van der Waals surface area contributed by atoms with Gasteiger partial charge in [0.1, 0.15) is 0 Å². The van der Waals surface area contributed by atoms with Crippen LogP contribution in [-0.2, 0) is 28.4 Å². The van der Waals surface area contributed by atoms with E-state index in [2.05, 4.69) is 18.2 Å². The first-order valence-corrected chi connectivity index (χ1v) is 10.9. The topological polar surface area (TPSA) is 121 Å². The quantitative estimate of drug-likeness (QED) is 0.281. The van der Waals surface area contributed by atoms with Crippen LogP contribution in [0.3, 0.4) is 0 Å². The SMILES string of the molecule is B=BO[C@H]1C(COC(=O)c2ccccc2)O[C@@H](OC)[C@@H](NNC(C)=O)C1OC(=O)c1ccccc1. The van der Waals surface area contributed by atoms with Gasteiger partial charge in [0.15, 0.2) is 0 Å². The third-order valence-electron chi connectivity index (χ3n) is 5.19. The summed E-state index contributed by atoms with van der Waals surface area (Å²) < 4.78 is 28.4. The fourth-order valence-electron chi connectivity index (χ4n) is 3.57. The van der Waals surface area contributed by atoms with E-state index in [1.165, 1.54) is 21.0 Å². The average Bonchev–Trinajstić information content (AvgIpc) is 2.88. The van der Waals surface area contributed by atoms with Crippen LogP contribution in [0.1, 0.15) is 27.6 Å². The number of methoxy groups -OCH3 is 1. The zero-order chi connectivity index (χ0) is 25.2. The van der Waals surface area contributed by atoms with Gasteiger partial charge in [0, 0.05) is 0 Å². The maximum absolute atomic E-state index is 12.9. The Morgan fingerprint density at radius 3 is 2.11 bits per heavy atom. The first-order valence-electron chi connectivity index (χ1n) is 10.9. The Morgan fingerprint density at radius 2 is 1.57 bits per heavy atom.